The van der Waals surface area contributed by atoms with Crippen LogP contribution in [0.3, 0.4) is 0 Å². The highest BCUT2D eigenvalue weighted by Gasteiger charge is 2.15. The normalized spacial score (nSPS) is 13.4. The summed E-state index contributed by atoms with van der Waals surface area (Å²) in [6.07, 6.45) is 1.74. The number of aliphatic imine (C=N–C) groups is 1. The molecule has 3 aromatic carbocycles. The molecule has 5 nitrogen and oxygen atoms in total. The number of nitrogens with zero attached hydrogens (tertiary/aromatic N) is 2. The molecule has 0 unspecified atom stereocenters. The summed E-state index contributed by atoms with van der Waals surface area (Å²) >= 11 is 0. The van der Waals surface area contributed by atoms with Crippen LogP contribution in [0.2, 0.25) is 0 Å². The fourth-order valence-corrected chi connectivity index (χ4v) is 3.50. The Morgan fingerprint density at radius 1 is 0.967 bits per heavy atom. The molecule has 0 atom stereocenters. The predicted molar refractivity (Wildman–Crippen MR) is 122 cm³/mol. The van der Waals surface area contributed by atoms with Crippen molar-refractivity contribution in [2.24, 2.45) is 10.7 Å². The first-order chi connectivity index (χ1) is 14.6. The third-order valence-electron chi connectivity index (χ3n) is 5.07. The van der Waals surface area contributed by atoms with Crippen molar-refractivity contribution in [2.75, 3.05) is 13.6 Å². The van der Waals surface area contributed by atoms with E-state index in [-0.39, 0.29) is 5.91 Å². The molecule has 5 heteroatoms. The van der Waals surface area contributed by atoms with E-state index in [0.29, 0.717) is 24.5 Å². The van der Waals surface area contributed by atoms with Crippen molar-refractivity contribution in [2.45, 2.75) is 6.54 Å². The van der Waals surface area contributed by atoms with Crippen LogP contribution < -0.4 is 11.1 Å². The Morgan fingerprint density at radius 2 is 1.70 bits per heavy atom. The molecular formula is C25H24N4O. The second kappa shape index (κ2) is 8.66. The van der Waals surface area contributed by atoms with Crippen molar-refractivity contribution in [3.05, 3.63) is 102 Å². The minimum atomic E-state index is -0.107. The van der Waals surface area contributed by atoms with E-state index in [0.717, 1.165) is 28.0 Å². The van der Waals surface area contributed by atoms with Crippen LogP contribution in [0, 0.1) is 0 Å². The molecule has 1 aliphatic heterocycles. The van der Waals surface area contributed by atoms with Gasteiger partial charge in [-0.05, 0) is 34.9 Å². The lowest BCUT2D eigenvalue weighted by Crippen LogP contribution is -2.32. The molecule has 150 valence electrons. The summed E-state index contributed by atoms with van der Waals surface area (Å²) in [6.45, 7) is 1.03. The predicted octanol–water partition coefficient (Wildman–Crippen LogP) is 3.88. The van der Waals surface area contributed by atoms with E-state index >= 15 is 0 Å². The molecule has 0 aliphatic carbocycles. The lowest BCUT2D eigenvalue weighted by molar-refractivity contribution is 0.0951. The minimum Gasteiger partial charge on any atom is -0.386 e. The van der Waals surface area contributed by atoms with Gasteiger partial charge in [-0.1, -0.05) is 60.7 Å². The standard InChI is InChI=1S/C25H24N4O/c1-29-17-24(26)27-16-23(29)21-11-6-12-22(14-21)25(30)28-15-18-7-5-10-20(13-18)19-8-3-2-4-9-19/h2-14,16H,15,17H2,1H3,(H2,26,27)(H,28,30). The quantitative estimate of drug-likeness (QED) is 0.687. The monoisotopic (exact) mass is 396 g/mol. The molecule has 0 bridgehead atoms. The number of amidine groups is 1. The number of hydrogen-bond donors (Lipinski definition) is 2. The van der Waals surface area contributed by atoms with E-state index in [4.69, 9.17) is 5.73 Å². The topological polar surface area (TPSA) is 70.7 Å². The van der Waals surface area contributed by atoms with Gasteiger partial charge in [0, 0.05) is 24.7 Å². The van der Waals surface area contributed by atoms with E-state index < -0.39 is 0 Å². The van der Waals surface area contributed by atoms with Crippen molar-refractivity contribution >= 4 is 17.4 Å². The Morgan fingerprint density at radius 3 is 2.50 bits per heavy atom. The third kappa shape index (κ3) is 4.41. The van der Waals surface area contributed by atoms with Gasteiger partial charge in [-0.2, -0.15) is 0 Å². The van der Waals surface area contributed by atoms with Gasteiger partial charge in [0.2, 0.25) is 0 Å². The van der Waals surface area contributed by atoms with Crippen molar-refractivity contribution in [3.63, 3.8) is 0 Å². The molecular weight excluding hydrogens is 372 g/mol. The summed E-state index contributed by atoms with van der Waals surface area (Å²) in [5, 5.41) is 3.02. The van der Waals surface area contributed by atoms with Crippen LogP contribution in [-0.2, 0) is 6.54 Å². The summed E-state index contributed by atoms with van der Waals surface area (Å²) in [4.78, 5) is 19.0. The highest BCUT2D eigenvalue weighted by atomic mass is 16.1. The fraction of sp³-hybridized carbons (Fsp3) is 0.120. The largest absolute Gasteiger partial charge is 0.386 e. The highest BCUT2D eigenvalue weighted by molar-refractivity contribution is 5.95. The van der Waals surface area contributed by atoms with Gasteiger partial charge >= 0.3 is 0 Å². The minimum absolute atomic E-state index is 0.107. The molecule has 4 rings (SSSR count). The van der Waals surface area contributed by atoms with Crippen molar-refractivity contribution < 1.29 is 4.79 Å². The van der Waals surface area contributed by atoms with E-state index in [2.05, 4.69) is 34.6 Å². The maximum Gasteiger partial charge on any atom is 0.251 e. The lowest BCUT2D eigenvalue weighted by atomic mass is 10.0. The third-order valence-corrected chi connectivity index (χ3v) is 5.07. The first-order valence-electron chi connectivity index (χ1n) is 9.86. The van der Waals surface area contributed by atoms with E-state index in [9.17, 15) is 4.79 Å². The summed E-state index contributed by atoms with van der Waals surface area (Å²) < 4.78 is 0. The van der Waals surface area contributed by atoms with E-state index in [1.807, 2.05) is 66.5 Å². The van der Waals surface area contributed by atoms with Gasteiger partial charge in [0.05, 0.1) is 18.4 Å². The number of benzene rings is 3. The van der Waals surface area contributed by atoms with Gasteiger partial charge < -0.3 is 16.0 Å². The Hall–Kier alpha value is -3.86. The average molecular weight is 396 g/mol. The molecule has 0 saturated heterocycles. The maximum atomic E-state index is 12.7. The number of nitrogens with one attached hydrogen (secondary N) is 1. The summed E-state index contributed by atoms with van der Waals surface area (Å²) in [6, 6.07) is 26.0. The van der Waals surface area contributed by atoms with Crippen LogP contribution in [0.15, 0.2) is 90.1 Å². The van der Waals surface area contributed by atoms with Gasteiger partial charge in [-0.25, -0.2) is 4.99 Å². The number of rotatable bonds is 5. The molecule has 0 fully saturated rings. The van der Waals surface area contributed by atoms with Crippen LogP contribution in [0.1, 0.15) is 21.5 Å². The van der Waals surface area contributed by atoms with E-state index in [1.165, 1.54) is 0 Å². The molecule has 3 N–H and O–H groups in total. The molecule has 0 spiro atoms. The van der Waals surface area contributed by atoms with E-state index in [1.54, 1.807) is 6.20 Å². The number of nitrogens with two attached hydrogens (primary N) is 1. The van der Waals surface area contributed by atoms with Gasteiger partial charge in [0.15, 0.2) is 0 Å². The van der Waals surface area contributed by atoms with Crippen LogP contribution in [0.5, 0.6) is 0 Å². The van der Waals surface area contributed by atoms with Crippen molar-refractivity contribution in [1.82, 2.24) is 10.2 Å². The zero-order valence-electron chi connectivity index (χ0n) is 16.9. The smallest absolute Gasteiger partial charge is 0.251 e. The molecule has 0 saturated carbocycles. The average Bonchev–Trinajstić information content (AvgIpc) is 2.78. The first kappa shape index (κ1) is 19.5. The van der Waals surface area contributed by atoms with Crippen LogP contribution in [0.25, 0.3) is 16.8 Å². The van der Waals surface area contributed by atoms with Crippen molar-refractivity contribution in [3.8, 4) is 11.1 Å². The second-order valence-corrected chi connectivity index (χ2v) is 7.32. The zero-order valence-corrected chi connectivity index (χ0v) is 16.9. The zero-order chi connectivity index (χ0) is 20.9. The summed E-state index contributed by atoms with van der Waals surface area (Å²) in [7, 11) is 1.96. The van der Waals surface area contributed by atoms with Gasteiger partial charge in [-0.15, -0.1) is 0 Å². The molecule has 0 radical (unpaired) electrons. The van der Waals surface area contributed by atoms with Gasteiger partial charge in [0.1, 0.15) is 5.84 Å². The summed E-state index contributed by atoms with van der Waals surface area (Å²) in [5.74, 6) is 0.469. The molecule has 1 aliphatic rings. The van der Waals surface area contributed by atoms with Gasteiger partial charge in [-0.3, -0.25) is 4.79 Å². The first-order valence-corrected chi connectivity index (χ1v) is 9.86. The fourth-order valence-electron chi connectivity index (χ4n) is 3.50. The molecule has 1 heterocycles. The Kier molecular flexibility index (Phi) is 5.61. The number of amides is 1. The highest BCUT2D eigenvalue weighted by Crippen LogP contribution is 2.22. The summed E-state index contributed by atoms with van der Waals surface area (Å²) in [5.41, 5.74) is 11.6. The van der Waals surface area contributed by atoms with Crippen LogP contribution >= 0.6 is 0 Å². The SMILES string of the molecule is CN1CC(N)=NC=C1c1cccc(C(=O)NCc2cccc(-c3ccccc3)c2)c1. The number of likely N-dealkylation sites (N-methyl/N-ethyl adjacent to an activating group) is 1. The molecule has 3 aromatic rings. The lowest BCUT2D eigenvalue weighted by Gasteiger charge is -2.25. The number of carbonyl (C=O) groups excluding carboxylic acids is 1. The molecule has 30 heavy (non-hydrogen) atoms. The van der Waals surface area contributed by atoms with Crippen molar-refractivity contribution in [1.29, 1.82) is 0 Å². The Labute approximate surface area is 176 Å². The Balaban J connectivity index is 1.47. The molecule has 1 amide bonds. The number of carbonyl (C=O) groups is 1. The van der Waals surface area contributed by atoms with Gasteiger partial charge in [0.25, 0.3) is 5.91 Å². The Bertz CT molecular complexity index is 1120. The maximum absolute atomic E-state index is 12.7. The van der Waals surface area contributed by atoms with Crippen LogP contribution in [0.4, 0.5) is 0 Å². The number of hydrogen-bond acceptors (Lipinski definition) is 4. The van der Waals surface area contributed by atoms with Crippen LogP contribution in [-0.4, -0.2) is 30.2 Å². The molecule has 0 aromatic heterocycles. The second-order valence-electron chi connectivity index (χ2n) is 7.32.